The van der Waals surface area contributed by atoms with Gasteiger partial charge in [-0.1, -0.05) is 30.3 Å². The molecule has 2 aliphatic rings. The Hall–Kier alpha value is -2.64. The number of hydrogen-bond acceptors (Lipinski definition) is 7. The van der Waals surface area contributed by atoms with Crippen LogP contribution in [0, 0.1) is 6.92 Å². The van der Waals surface area contributed by atoms with Gasteiger partial charge in [0.25, 0.3) is 0 Å². The third-order valence-corrected chi connectivity index (χ3v) is 8.53. The first kappa shape index (κ1) is 21.2. The topological polar surface area (TPSA) is 66.4 Å². The number of piperazine rings is 1. The second kappa shape index (κ2) is 8.71. The number of nitrogens with zero attached hydrogens (tertiary/aromatic N) is 3. The van der Waals surface area contributed by atoms with Crippen LogP contribution in [0.4, 0.5) is 16.4 Å². The number of para-hydroxylation sites is 3. The average Bonchev–Trinajstić information content (AvgIpc) is 3.11. The normalized spacial score (nSPS) is 17.9. The van der Waals surface area contributed by atoms with Crippen molar-refractivity contribution in [3.05, 3.63) is 71.1 Å². The number of hydrogen-bond donors (Lipinski definition) is 1. The Balaban J connectivity index is 1.38. The lowest BCUT2D eigenvalue weighted by Crippen LogP contribution is -2.48. The highest BCUT2D eigenvalue weighted by Crippen LogP contribution is 2.51. The largest absolute Gasteiger partial charge is 0.461 e. The van der Waals surface area contributed by atoms with E-state index in [1.807, 2.05) is 42.5 Å². The summed E-state index contributed by atoms with van der Waals surface area (Å²) in [6.07, 6.45) is 0. The number of benzene rings is 2. The minimum Gasteiger partial charge on any atom is -0.413 e. The Labute approximate surface area is 191 Å². The van der Waals surface area contributed by atoms with Crippen molar-refractivity contribution in [1.82, 2.24) is 9.57 Å². The number of aryl methyl sites for hydroxylation is 1. The van der Waals surface area contributed by atoms with Crippen LogP contribution in [0.1, 0.15) is 10.4 Å². The molecule has 1 aromatic heterocycles. The van der Waals surface area contributed by atoms with Crippen molar-refractivity contribution in [3.63, 3.8) is 0 Å². The summed E-state index contributed by atoms with van der Waals surface area (Å²) in [6.45, 7) is 4.54. The molecular weight excluding hydrogens is 443 g/mol. The summed E-state index contributed by atoms with van der Waals surface area (Å²) in [5.41, 5.74) is 3.03. The van der Waals surface area contributed by atoms with Crippen LogP contribution in [0.3, 0.4) is 0 Å². The first-order chi connectivity index (χ1) is 15.6. The van der Waals surface area contributed by atoms with Gasteiger partial charge in [0.15, 0.2) is 0 Å². The molecular formula is C23H25N4O3PS. The van der Waals surface area contributed by atoms with Crippen molar-refractivity contribution >= 4 is 41.3 Å². The van der Waals surface area contributed by atoms with Crippen molar-refractivity contribution < 1.29 is 13.6 Å². The fourth-order valence-electron chi connectivity index (χ4n) is 3.97. The minimum atomic E-state index is -3.43. The first-order valence-corrected chi connectivity index (χ1v) is 12.8. The van der Waals surface area contributed by atoms with Crippen LogP contribution >= 0.6 is 19.1 Å². The van der Waals surface area contributed by atoms with E-state index in [0.29, 0.717) is 31.9 Å². The summed E-state index contributed by atoms with van der Waals surface area (Å²) >= 11 is 1.73. The van der Waals surface area contributed by atoms with Gasteiger partial charge < -0.3 is 14.7 Å². The number of anilines is 2. The average molecular weight is 469 g/mol. The molecule has 0 spiro atoms. The van der Waals surface area contributed by atoms with Crippen LogP contribution in [-0.2, 0) is 9.09 Å². The zero-order valence-corrected chi connectivity index (χ0v) is 19.7. The molecule has 0 amide bonds. The predicted molar refractivity (Wildman–Crippen MR) is 130 cm³/mol. The Morgan fingerprint density at radius 3 is 2.50 bits per heavy atom. The predicted octanol–water partition coefficient (Wildman–Crippen LogP) is 5.64. The molecule has 1 fully saturated rings. The number of thiophene rings is 1. The number of rotatable bonds is 4. The third-order valence-electron chi connectivity index (χ3n) is 5.57. The van der Waals surface area contributed by atoms with E-state index < -0.39 is 7.75 Å². The molecule has 1 atom stereocenters. The van der Waals surface area contributed by atoms with Crippen molar-refractivity contribution in [2.45, 2.75) is 6.92 Å². The van der Waals surface area contributed by atoms with Crippen LogP contribution in [0.2, 0.25) is 0 Å². The molecule has 0 bridgehead atoms. The first-order valence-electron chi connectivity index (χ1n) is 10.5. The summed E-state index contributed by atoms with van der Waals surface area (Å²) in [5.74, 6) is 1.48. The van der Waals surface area contributed by atoms with Crippen molar-refractivity contribution in [2.75, 3.05) is 38.6 Å². The molecule has 166 valence electrons. The van der Waals surface area contributed by atoms with E-state index in [1.54, 1.807) is 28.1 Å². The highest BCUT2D eigenvalue weighted by Gasteiger charge is 2.38. The summed E-state index contributed by atoms with van der Waals surface area (Å²) in [5, 5.41) is 4.65. The fourth-order valence-corrected chi connectivity index (χ4v) is 6.36. The van der Waals surface area contributed by atoms with E-state index in [-0.39, 0.29) is 0 Å². The second-order valence-corrected chi connectivity index (χ2v) is 11.0. The SMILES string of the molecule is COP(=O)(Oc1ccccc1)N1CCN(C2=Nc3ccccc3Nc3sc(C)cc32)CC1. The molecule has 1 unspecified atom stereocenters. The smallest absolute Gasteiger partial charge is 0.413 e. The van der Waals surface area contributed by atoms with Crippen molar-refractivity contribution in [2.24, 2.45) is 4.99 Å². The monoisotopic (exact) mass is 468 g/mol. The van der Waals surface area contributed by atoms with E-state index in [4.69, 9.17) is 14.0 Å². The van der Waals surface area contributed by atoms with Crippen molar-refractivity contribution in [3.8, 4) is 5.75 Å². The molecule has 3 aromatic rings. The molecule has 0 saturated carbocycles. The van der Waals surface area contributed by atoms with E-state index in [0.717, 1.165) is 27.8 Å². The molecule has 0 aliphatic carbocycles. The molecule has 9 heteroatoms. The number of nitrogens with one attached hydrogen (secondary N) is 1. The van der Waals surface area contributed by atoms with Gasteiger partial charge in [0.1, 0.15) is 16.6 Å². The van der Waals surface area contributed by atoms with Gasteiger partial charge in [0.2, 0.25) is 0 Å². The highest BCUT2D eigenvalue weighted by atomic mass is 32.1. The molecule has 1 N–H and O–H groups in total. The summed E-state index contributed by atoms with van der Waals surface area (Å²) < 4.78 is 26.4. The fraction of sp³-hybridized carbons (Fsp3) is 0.261. The zero-order valence-electron chi connectivity index (χ0n) is 18.0. The van der Waals surface area contributed by atoms with E-state index >= 15 is 0 Å². The van der Waals surface area contributed by atoms with Gasteiger partial charge in [-0.25, -0.2) is 9.56 Å². The van der Waals surface area contributed by atoms with Crippen molar-refractivity contribution in [1.29, 1.82) is 0 Å². The van der Waals surface area contributed by atoms with Crippen LogP contribution in [0.5, 0.6) is 5.75 Å². The maximum Gasteiger partial charge on any atom is 0.461 e. The summed E-state index contributed by atoms with van der Waals surface area (Å²) in [7, 11) is -1.99. The minimum absolute atomic E-state index is 0.536. The number of aliphatic imine (C=N–C) groups is 1. The van der Waals surface area contributed by atoms with Gasteiger partial charge in [-0.2, -0.15) is 4.67 Å². The Kier molecular flexibility index (Phi) is 5.78. The van der Waals surface area contributed by atoms with E-state index in [1.165, 1.54) is 12.0 Å². The van der Waals surface area contributed by atoms with E-state index in [2.05, 4.69) is 23.2 Å². The maximum atomic E-state index is 13.4. The molecule has 5 rings (SSSR count). The van der Waals surface area contributed by atoms with Crippen LogP contribution in [0.25, 0.3) is 0 Å². The molecule has 32 heavy (non-hydrogen) atoms. The molecule has 1 saturated heterocycles. The molecule has 2 aliphatic heterocycles. The Bertz CT molecular complexity index is 1190. The number of fused-ring (bicyclic) bond motifs is 2. The van der Waals surface area contributed by atoms with E-state index in [9.17, 15) is 4.57 Å². The van der Waals surface area contributed by atoms with Gasteiger partial charge in [-0.05, 0) is 37.3 Å². The van der Waals surface area contributed by atoms with Gasteiger partial charge in [0, 0.05) is 38.2 Å². The molecule has 3 heterocycles. The lowest BCUT2D eigenvalue weighted by Gasteiger charge is -2.38. The van der Waals surface area contributed by atoms with Crippen LogP contribution < -0.4 is 9.84 Å². The molecule has 0 radical (unpaired) electrons. The van der Waals surface area contributed by atoms with Gasteiger partial charge in [0.05, 0.1) is 16.9 Å². The zero-order chi connectivity index (χ0) is 22.1. The van der Waals surface area contributed by atoms with Crippen LogP contribution in [0.15, 0.2) is 65.7 Å². The maximum absolute atomic E-state index is 13.4. The summed E-state index contributed by atoms with van der Waals surface area (Å²) in [6, 6.07) is 19.4. The Morgan fingerprint density at radius 2 is 1.75 bits per heavy atom. The second-order valence-electron chi connectivity index (χ2n) is 7.67. The quantitative estimate of drug-likeness (QED) is 0.500. The van der Waals surface area contributed by atoms with Gasteiger partial charge in [-0.3, -0.25) is 4.52 Å². The van der Waals surface area contributed by atoms with Crippen LogP contribution in [-0.4, -0.2) is 48.7 Å². The summed E-state index contributed by atoms with van der Waals surface area (Å²) in [4.78, 5) is 8.52. The lowest BCUT2D eigenvalue weighted by atomic mass is 10.2. The molecule has 2 aromatic carbocycles. The lowest BCUT2D eigenvalue weighted by molar-refractivity contribution is 0.197. The number of amidine groups is 1. The standard InChI is InChI=1S/C23H25N4O3PS/c1-17-16-19-22(24-20-10-6-7-11-21(20)25-23(19)32-17)26-12-14-27(15-13-26)31(28,29-2)30-18-8-4-3-5-9-18/h3-11,16,25H,12-15H2,1-2H3. The van der Waals surface area contributed by atoms with Gasteiger partial charge >= 0.3 is 7.75 Å². The van der Waals surface area contributed by atoms with Gasteiger partial charge in [-0.15, -0.1) is 11.3 Å². The molecule has 7 nitrogen and oxygen atoms in total. The third kappa shape index (κ3) is 4.07. The Morgan fingerprint density at radius 1 is 1.03 bits per heavy atom. The highest BCUT2D eigenvalue weighted by molar-refractivity contribution is 7.51.